The Kier molecular flexibility index (Phi) is 6.23. The molecule has 0 atom stereocenters. The standard InChI is InChI=1S/C28H27FN4O2/c29-22-9-3-1-8-21(22)18-33-24-11-5-2-7-20(24)17-26(33)28(35)31-23-10-4-6-12-25(23)32-15-13-19(14-16-32)27(30)34/h1-12,17,19H,13-16,18H2,(H2,30,34)(H,31,35). The summed E-state index contributed by atoms with van der Waals surface area (Å²) in [5.41, 5.74) is 8.91. The quantitative estimate of drug-likeness (QED) is 0.426. The second-order valence-electron chi connectivity index (χ2n) is 8.90. The molecule has 3 aromatic carbocycles. The molecule has 0 spiro atoms. The number of benzene rings is 3. The first-order valence-electron chi connectivity index (χ1n) is 11.8. The fourth-order valence-corrected chi connectivity index (χ4v) is 4.81. The number of nitrogens with zero attached hydrogens (tertiary/aromatic N) is 2. The summed E-state index contributed by atoms with van der Waals surface area (Å²) >= 11 is 0. The third-order valence-corrected chi connectivity index (χ3v) is 6.72. The van der Waals surface area contributed by atoms with Gasteiger partial charge in [0.15, 0.2) is 0 Å². The normalized spacial score (nSPS) is 14.3. The molecule has 7 heteroatoms. The number of hydrogen-bond donors (Lipinski definition) is 2. The van der Waals surface area contributed by atoms with Gasteiger partial charge < -0.3 is 20.5 Å². The van der Waals surface area contributed by atoms with Crippen molar-refractivity contribution in [3.05, 3.63) is 95.9 Å². The highest BCUT2D eigenvalue weighted by Crippen LogP contribution is 2.31. The van der Waals surface area contributed by atoms with E-state index in [-0.39, 0.29) is 30.1 Å². The monoisotopic (exact) mass is 470 g/mol. The summed E-state index contributed by atoms with van der Waals surface area (Å²) in [6.45, 7) is 1.62. The predicted octanol–water partition coefficient (Wildman–Crippen LogP) is 4.78. The van der Waals surface area contributed by atoms with Gasteiger partial charge in [-0.2, -0.15) is 0 Å². The molecular formula is C28H27FN4O2. The Labute approximate surface area is 203 Å². The van der Waals surface area contributed by atoms with Crippen molar-refractivity contribution in [1.82, 2.24) is 4.57 Å². The Bertz CT molecular complexity index is 1390. The van der Waals surface area contributed by atoms with E-state index in [1.54, 1.807) is 18.2 Å². The SMILES string of the molecule is NC(=O)C1CCN(c2ccccc2NC(=O)c2cc3ccccc3n2Cc2ccccc2F)CC1. The van der Waals surface area contributed by atoms with Crippen LogP contribution in [0.3, 0.4) is 0 Å². The molecular weight excluding hydrogens is 443 g/mol. The van der Waals surface area contributed by atoms with Gasteiger partial charge in [0.25, 0.3) is 5.91 Å². The third kappa shape index (κ3) is 4.62. The molecule has 2 heterocycles. The molecule has 2 amide bonds. The van der Waals surface area contributed by atoms with E-state index in [4.69, 9.17) is 5.73 Å². The lowest BCUT2D eigenvalue weighted by molar-refractivity contribution is -0.122. The van der Waals surface area contributed by atoms with Gasteiger partial charge in [-0.3, -0.25) is 9.59 Å². The summed E-state index contributed by atoms with van der Waals surface area (Å²) < 4.78 is 16.3. The lowest BCUT2D eigenvalue weighted by atomic mass is 9.96. The number of carbonyl (C=O) groups is 2. The summed E-state index contributed by atoms with van der Waals surface area (Å²) in [6.07, 6.45) is 1.38. The van der Waals surface area contributed by atoms with Crippen LogP contribution >= 0.6 is 0 Å². The summed E-state index contributed by atoms with van der Waals surface area (Å²) in [5.74, 6) is -0.936. The zero-order valence-corrected chi connectivity index (χ0v) is 19.3. The van der Waals surface area contributed by atoms with E-state index in [0.29, 0.717) is 42.9 Å². The van der Waals surface area contributed by atoms with E-state index < -0.39 is 0 Å². The first kappa shape index (κ1) is 22.7. The number of piperidine rings is 1. The molecule has 3 N–H and O–H groups in total. The minimum atomic E-state index is -0.304. The average Bonchev–Trinajstić information content (AvgIpc) is 3.24. The molecule has 0 unspecified atom stereocenters. The van der Waals surface area contributed by atoms with Crippen molar-refractivity contribution in [1.29, 1.82) is 0 Å². The van der Waals surface area contributed by atoms with Crippen molar-refractivity contribution in [2.75, 3.05) is 23.3 Å². The third-order valence-electron chi connectivity index (χ3n) is 6.72. The Morgan fingerprint density at radius 2 is 1.63 bits per heavy atom. The van der Waals surface area contributed by atoms with Crippen molar-refractivity contribution >= 4 is 34.1 Å². The molecule has 4 aromatic rings. The highest BCUT2D eigenvalue weighted by molar-refractivity contribution is 6.07. The molecule has 0 radical (unpaired) electrons. The van der Waals surface area contributed by atoms with Crippen molar-refractivity contribution in [2.24, 2.45) is 11.7 Å². The Morgan fingerprint density at radius 3 is 2.40 bits per heavy atom. The number of para-hydroxylation sites is 3. The van der Waals surface area contributed by atoms with Gasteiger partial charge in [-0.1, -0.05) is 48.5 Å². The molecule has 35 heavy (non-hydrogen) atoms. The molecule has 178 valence electrons. The number of nitrogens with one attached hydrogen (secondary N) is 1. The van der Waals surface area contributed by atoms with Crippen LogP contribution in [0, 0.1) is 11.7 Å². The number of aromatic nitrogens is 1. The van der Waals surface area contributed by atoms with E-state index >= 15 is 0 Å². The Balaban J connectivity index is 1.44. The summed E-state index contributed by atoms with van der Waals surface area (Å²) in [7, 11) is 0. The topological polar surface area (TPSA) is 80.4 Å². The van der Waals surface area contributed by atoms with Crippen molar-refractivity contribution in [3.63, 3.8) is 0 Å². The minimum Gasteiger partial charge on any atom is -0.370 e. The van der Waals surface area contributed by atoms with E-state index in [2.05, 4.69) is 10.2 Å². The van der Waals surface area contributed by atoms with Crippen LogP contribution < -0.4 is 16.0 Å². The Morgan fingerprint density at radius 1 is 0.943 bits per heavy atom. The summed E-state index contributed by atoms with van der Waals surface area (Å²) in [5, 5.41) is 3.99. The number of nitrogens with two attached hydrogens (primary N) is 1. The van der Waals surface area contributed by atoms with E-state index in [1.807, 2.05) is 59.2 Å². The van der Waals surface area contributed by atoms with Gasteiger partial charge in [-0.05, 0) is 43.2 Å². The van der Waals surface area contributed by atoms with Gasteiger partial charge in [0, 0.05) is 35.5 Å². The van der Waals surface area contributed by atoms with E-state index in [0.717, 1.165) is 16.6 Å². The van der Waals surface area contributed by atoms with Crippen LogP contribution in [-0.4, -0.2) is 29.5 Å². The Hall–Kier alpha value is -4.13. The van der Waals surface area contributed by atoms with Crippen molar-refractivity contribution in [3.8, 4) is 0 Å². The van der Waals surface area contributed by atoms with Gasteiger partial charge in [-0.15, -0.1) is 0 Å². The van der Waals surface area contributed by atoms with Crippen LogP contribution in [0.25, 0.3) is 10.9 Å². The first-order chi connectivity index (χ1) is 17.0. The van der Waals surface area contributed by atoms with Gasteiger partial charge >= 0.3 is 0 Å². The van der Waals surface area contributed by atoms with Crippen molar-refractivity contribution in [2.45, 2.75) is 19.4 Å². The molecule has 6 nitrogen and oxygen atoms in total. The van der Waals surface area contributed by atoms with Crippen LogP contribution in [0.5, 0.6) is 0 Å². The molecule has 1 aromatic heterocycles. The lowest BCUT2D eigenvalue weighted by Crippen LogP contribution is -2.38. The van der Waals surface area contributed by atoms with Gasteiger partial charge in [0.05, 0.1) is 17.9 Å². The number of carbonyl (C=O) groups excluding carboxylic acids is 2. The zero-order chi connectivity index (χ0) is 24.4. The summed E-state index contributed by atoms with van der Waals surface area (Å²) in [4.78, 5) is 27.3. The summed E-state index contributed by atoms with van der Waals surface area (Å²) in [6, 6.07) is 23.8. The van der Waals surface area contributed by atoms with Gasteiger partial charge in [0.2, 0.25) is 5.91 Å². The molecule has 1 aliphatic rings. The maximum atomic E-state index is 14.4. The number of hydrogen-bond acceptors (Lipinski definition) is 3. The van der Waals surface area contributed by atoms with Crippen LogP contribution in [0.1, 0.15) is 28.9 Å². The van der Waals surface area contributed by atoms with Gasteiger partial charge in [0.1, 0.15) is 11.5 Å². The predicted molar refractivity (Wildman–Crippen MR) is 136 cm³/mol. The number of amides is 2. The minimum absolute atomic E-state index is 0.109. The lowest BCUT2D eigenvalue weighted by Gasteiger charge is -2.33. The molecule has 5 rings (SSSR count). The number of rotatable bonds is 6. The van der Waals surface area contributed by atoms with Crippen molar-refractivity contribution < 1.29 is 14.0 Å². The molecule has 1 aliphatic heterocycles. The molecule has 1 saturated heterocycles. The maximum absolute atomic E-state index is 14.4. The number of fused-ring (bicyclic) bond motifs is 1. The average molecular weight is 471 g/mol. The fourth-order valence-electron chi connectivity index (χ4n) is 4.81. The van der Waals surface area contributed by atoms with E-state index in [9.17, 15) is 14.0 Å². The van der Waals surface area contributed by atoms with Crippen LogP contribution in [-0.2, 0) is 11.3 Å². The van der Waals surface area contributed by atoms with Crippen LogP contribution in [0.15, 0.2) is 78.9 Å². The number of anilines is 2. The van der Waals surface area contributed by atoms with Gasteiger partial charge in [-0.25, -0.2) is 4.39 Å². The van der Waals surface area contributed by atoms with Crippen LogP contribution in [0.2, 0.25) is 0 Å². The fraction of sp³-hybridized carbons (Fsp3) is 0.214. The molecule has 0 saturated carbocycles. The second-order valence-corrected chi connectivity index (χ2v) is 8.90. The largest absolute Gasteiger partial charge is 0.370 e. The zero-order valence-electron chi connectivity index (χ0n) is 19.3. The molecule has 0 aliphatic carbocycles. The highest BCUT2D eigenvalue weighted by atomic mass is 19.1. The molecule has 1 fully saturated rings. The van der Waals surface area contributed by atoms with Crippen LogP contribution in [0.4, 0.5) is 15.8 Å². The number of primary amides is 1. The smallest absolute Gasteiger partial charge is 0.272 e. The second kappa shape index (κ2) is 9.62. The maximum Gasteiger partial charge on any atom is 0.272 e. The molecule has 0 bridgehead atoms. The first-order valence-corrected chi connectivity index (χ1v) is 11.8. The number of halogens is 1. The highest BCUT2D eigenvalue weighted by Gasteiger charge is 2.25. The van der Waals surface area contributed by atoms with E-state index in [1.165, 1.54) is 6.07 Å².